The molecule has 5 heteroatoms. The Morgan fingerprint density at radius 3 is 2.38 bits per heavy atom. The second-order valence-electron chi connectivity index (χ2n) is 4.19. The fourth-order valence-electron chi connectivity index (χ4n) is 1.85. The highest BCUT2D eigenvalue weighted by atomic mass is 19.3. The van der Waals surface area contributed by atoms with Crippen LogP contribution in [0.5, 0.6) is 11.5 Å². The van der Waals surface area contributed by atoms with Gasteiger partial charge in [-0.2, -0.15) is 8.78 Å². The lowest BCUT2D eigenvalue weighted by Crippen LogP contribution is -2.04. The molecule has 0 aliphatic heterocycles. The molecule has 0 saturated carbocycles. The van der Waals surface area contributed by atoms with E-state index in [1.807, 2.05) is 6.92 Å². The Morgan fingerprint density at radius 1 is 1.05 bits per heavy atom. The number of hydrogen-bond donors (Lipinski definition) is 0. The molecule has 21 heavy (non-hydrogen) atoms. The van der Waals surface area contributed by atoms with Crippen LogP contribution in [0.2, 0.25) is 0 Å². The second-order valence-corrected chi connectivity index (χ2v) is 4.19. The first-order valence-corrected chi connectivity index (χ1v) is 6.42. The minimum Gasteiger partial charge on any atom is -0.494 e. The van der Waals surface area contributed by atoms with Crippen molar-refractivity contribution in [2.45, 2.75) is 13.5 Å². The minimum absolute atomic E-state index is 0.0182. The molecule has 0 bridgehead atoms. The zero-order valence-corrected chi connectivity index (χ0v) is 11.4. The van der Waals surface area contributed by atoms with E-state index < -0.39 is 6.61 Å². The summed E-state index contributed by atoms with van der Waals surface area (Å²) in [6, 6.07) is 12.4. The Balaban J connectivity index is 2.17. The van der Waals surface area contributed by atoms with Crippen LogP contribution < -0.4 is 9.47 Å². The van der Waals surface area contributed by atoms with Crippen molar-refractivity contribution in [1.82, 2.24) is 0 Å². The first-order chi connectivity index (χ1) is 10.1. The first-order valence-electron chi connectivity index (χ1n) is 6.42. The van der Waals surface area contributed by atoms with E-state index in [4.69, 9.17) is 4.74 Å². The summed E-state index contributed by atoms with van der Waals surface area (Å²) in [5.74, 6) is 0.422. The molecular formula is C16H14F2O3. The number of benzene rings is 2. The van der Waals surface area contributed by atoms with E-state index in [9.17, 15) is 13.6 Å². The summed E-state index contributed by atoms with van der Waals surface area (Å²) in [4.78, 5) is 12.3. The maximum atomic E-state index is 12.3. The maximum absolute atomic E-state index is 12.3. The van der Waals surface area contributed by atoms with Gasteiger partial charge >= 0.3 is 6.61 Å². The Morgan fingerprint density at radius 2 is 1.76 bits per heavy atom. The number of rotatable bonds is 6. The highest BCUT2D eigenvalue weighted by Crippen LogP contribution is 2.19. The number of carbonyl (C=O) groups is 1. The van der Waals surface area contributed by atoms with Gasteiger partial charge in [0.2, 0.25) is 0 Å². The van der Waals surface area contributed by atoms with E-state index in [0.29, 0.717) is 23.5 Å². The van der Waals surface area contributed by atoms with Crippen LogP contribution in [-0.2, 0) is 0 Å². The normalized spacial score (nSPS) is 10.5. The van der Waals surface area contributed by atoms with Crippen molar-refractivity contribution in [3.05, 3.63) is 59.7 Å². The van der Waals surface area contributed by atoms with Crippen molar-refractivity contribution in [1.29, 1.82) is 0 Å². The number of alkyl halides is 2. The zero-order chi connectivity index (χ0) is 15.2. The van der Waals surface area contributed by atoms with Gasteiger partial charge in [-0.1, -0.05) is 12.1 Å². The van der Waals surface area contributed by atoms with Gasteiger partial charge in [-0.25, -0.2) is 0 Å². The lowest BCUT2D eigenvalue weighted by molar-refractivity contribution is -0.0498. The summed E-state index contributed by atoms with van der Waals surface area (Å²) in [5.41, 5.74) is 0.869. The monoisotopic (exact) mass is 292 g/mol. The van der Waals surface area contributed by atoms with Gasteiger partial charge in [0, 0.05) is 11.1 Å². The molecule has 0 heterocycles. The molecular weight excluding hydrogens is 278 g/mol. The van der Waals surface area contributed by atoms with Gasteiger partial charge in [-0.15, -0.1) is 0 Å². The van der Waals surface area contributed by atoms with Crippen molar-refractivity contribution in [2.24, 2.45) is 0 Å². The zero-order valence-electron chi connectivity index (χ0n) is 11.4. The summed E-state index contributed by atoms with van der Waals surface area (Å²) in [7, 11) is 0. The Hall–Kier alpha value is -2.43. The quantitative estimate of drug-likeness (QED) is 0.757. The third-order valence-electron chi connectivity index (χ3n) is 2.75. The fourth-order valence-corrected chi connectivity index (χ4v) is 1.85. The van der Waals surface area contributed by atoms with Gasteiger partial charge < -0.3 is 9.47 Å². The molecule has 2 aromatic rings. The SMILES string of the molecule is CCOc1cccc(C(=O)c2ccc(OC(F)F)cc2)c1. The van der Waals surface area contributed by atoms with Gasteiger partial charge in [-0.3, -0.25) is 4.79 Å². The van der Waals surface area contributed by atoms with Crippen LogP contribution in [-0.4, -0.2) is 19.0 Å². The molecule has 0 unspecified atom stereocenters. The number of ketones is 1. The molecule has 0 atom stereocenters. The predicted molar refractivity (Wildman–Crippen MR) is 74.1 cm³/mol. The van der Waals surface area contributed by atoms with Crippen LogP contribution in [0.25, 0.3) is 0 Å². The topological polar surface area (TPSA) is 35.5 Å². The fraction of sp³-hybridized carbons (Fsp3) is 0.188. The molecule has 2 rings (SSSR count). The molecule has 0 amide bonds. The van der Waals surface area contributed by atoms with Crippen LogP contribution in [0.4, 0.5) is 8.78 Å². The summed E-state index contributed by atoms with van der Waals surface area (Å²) < 4.78 is 33.7. The molecule has 0 aliphatic rings. The first kappa shape index (κ1) is 15.0. The molecule has 0 aliphatic carbocycles. The van der Waals surface area contributed by atoms with Gasteiger partial charge in [0.25, 0.3) is 0 Å². The highest BCUT2D eigenvalue weighted by molar-refractivity contribution is 6.09. The van der Waals surface area contributed by atoms with Crippen molar-refractivity contribution >= 4 is 5.78 Å². The summed E-state index contributed by atoms with van der Waals surface area (Å²) in [6.07, 6.45) is 0. The molecule has 0 saturated heterocycles. The average Bonchev–Trinajstić information content (AvgIpc) is 2.47. The number of halogens is 2. The van der Waals surface area contributed by atoms with E-state index >= 15 is 0 Å². The molecule has 110 valence electrons. The van der Waals surface area contributed by atoms with E-state index in [1.165, 1.54) is 24.3 Å². The van der Waals surface area contributed by atoms with Crippen LogP contribution >= 0.6 is 0 Å². The smallest absolute Gasteiger partial charge is 0.387 e. The summed E-state index contributed by atoms with van der Waals surface area (Å²) in [5, 5.41) is 0. The molecule has 2 aromatic carbocycles. The van der Waals surface area contributed by atoms with Gasteiger partial charge in [-0.05, 0) is 43.3 Å². The molecule has 0 aromatic heterocycles. The predicted octanol–water partition coefficient (Wildman–Crippen LogP) is 3.92. The van der Waals surface area contributed by atoms with Gasteiger partial charge in [0.05, 0.1) is 6.61 Å². The molecule has 0 N–H and O–H groups in total. The van der Waals surface area contributed by atoms with E-state index in [0.717, 1.165) is 0 Å². The number of ether oxygens (including phenoxy) is 2. The Kier molecular flexibility index (Phi) is 4.87. The van der Waals surface area contributed by atoms with Crippen molar-refractivity contribution in [3.63, 3.8) is 0 Å². The highest BCUT2D eigenvalue weighted by Gasteiger charge is 2.11. The maximum Gasteiger partial charge on any atom is 0.387 e. The van der Waals surface area contributed by atoms with Crippen molar-refractivity contribution < 1.29 is 23.0 Å². The van der Waals surface area contributed by atoms with E-state index in [2.05, 4.69) is 4.74 Å². The molecule has 3 nitrogen and oxygen atoms in total. The Bertz CT molecular complexity index is 609. The number of hydrogen-bond acceptors (Lipinski definition) is 3. The van der Waals surface area contributed by atoms with Crippen LogP contribution in [0.15, 0.2) is 48.5 Å². The minimum atomic E-state index is -2.88. The molecule has 0 spiro atoms. The standard InChI is InChI=1S/C16H14F2O3/c1-2-20-14-5-3-4-12(10-14)15(19)11-6-8-13(9-7-11)21-16(17)18/h3-10,16H,2H2,1H3. The lowest BCUT2D eigenvalue weighted by Gasteiger charge is -2.07. The lowest BCUT2D eigenvalue weighted by atomic mass is 10.0. The van der Waals surface area contributed by atoms with Crippen LogP contribution in [0.3, 0.4) is 0 Å². The summed E-state index contributed by atoms with van der Waals surface area (Å²) >= 11 is 0. The number of carbonyl (C=O) groups excluding carboxylic acids is 1. The van der Waals surface area contributed by atoms with Gasteiger partial charge in [0.1, 0.15) is 11.5 Å². The van der Waals surface area contributed by atoms with E-state index in [-0.39, 0.29) is 11.5 Å². The third kappa shape index (κ3) is 4.02. The second kappa shape index (κ2) is 6.83. The summed E-state index contributed by atoms with van der Waals surface area (Å²) in [6.45, 7) is -0.512. The van der Waals surface area contributed by atoms with Crippen molar-refractivity contribution in [3.8, 4) is 11.5 Å². The van der Waals surface area contributed by atoms with E-state index in [1.54, 1.807) is 24.3 Å². The average molecular weight is 292 g/mol. The largest absolute Gasteiger partial charge is 0.494 e. The molecule has 0 fully saturated rings. The molecule has 0 radical (unpaired) electrons. The van der Waals surface area contributed by atoms with Gasteiger partial charge in [0.15, 0.2) is 5.78 Å². The Labute approximate surface area is 121 Å². The van der Waals surface area contributed by atoms with Crippen LogP contribution in [0, 0.1) is 0 Å². The van der Waals surface area contributed by atoms with Crippen LogP contribution in [0.1, 0.15) is 22.8 Å². The van der Waals surface area contributed by atoms with Crippen molar-refractivity contribution in [2.75, 3.05) is 6.61 Å². The third-order valence-corrected chi connectivity index (χ3v) is 2.75.